The second-order valence-corrected chi connectivity index (χ2v) is 7.34. The fraction of sp³-hybridized carbons (Fsp3) is 0.158. The summed E-state index contributed by atoms with van der Waals surface area (Å²) in [7, 11) is 3.88. The zero-order valence-electron chi connectivity index (χ0n) is 13.9. The number of rotatable bonds is 3. The largest absolute Gasteiger partial charge is 0.508 e. The maximum absolute atomic E-state index is 12.4. The molecule has 5 nitrogen and oxygen atoms in total. The molecule has 0 aliphatic rings. The molecule has 0 saturated heterocycles. The molecule has 0 saturated carbocycles. The van der Waals surface area contributed by atoms with Gasteiger partial charge in [0.25, 0.3) is 5.56 Å². The van der Waals surface area contributed by atoms with E-state index < -0.39 is 0 Å². The number of aromatic hydroxyl groups is 1. The number of hydrogen-bond acceptors (Lipinski definition) is 5. The van der Waals surface area contributed by atoms with Crippen molar-refractivity contribution in [3.63, 3.8) is 0 Å². The molecule has 0 amide bonds. The van der Waals surface area contributed by atoms with E-state index in [1.165, 1.54) is 11.3 Å². The Hall–Kier alpha value is -2.70. The van der Waals surface area contributed by atoms with E-state index in [0.717, 1.165) is 26.7 Å². The molecule has 0 fully saturated rings. The third-order valence-electron chi connectivity index (χ3n) is 4.02. The lowest BCUT2D eigenvalue weighted by atomic mass is 10.0. The first-order chi connectivity index (χ1) is 12.0. The first-order valence-electron chi connectivity index (χ1n) is 7.91. The Labute approximate surface area is 148 Å². The Balaban J connectivity index is 1.95. The summed E-state index contributed by atoms with van der Waals surface area (Å²) in [5.74, 6) is 0.889. The minimum absolute atomic E-state index is 0.0954. The second kappa shape index (κ2) is 5.98. The molecule has 2 aromatic carbocycles. The van der Waals surface area contributed by atoms with Crippen LogP contribution in [0.25, 0.3) is 31.4 Å². The minimum Gasteiger partial charge on any atom is -0.508 e. The molecule has 0 aliphatic heterocycles. The number of hydrogen-bond donors (Lipinski definition) is 2. The second-order valence-electron chi connectivity index (χ2n) is 6.29. The van der Waals surface area contributed by atoms with E-state index in [2.05, 4.69) is 9.97 Å². The van der Waals surface area contributed by atoms with Crippen molar-refractivity contribution in [3.8, 4) is 16.9 Å². The third kappa shape index (κ3) is 2.90. The summed E-state index contributed by atoms with van der Waals surface area (Å²) in [6.45, 7) is 0.578. The fourth-order valence-electron chi connectivity index (χ4n) is 2.94. The predicted molar refractivity (Wildman–Crippen MR) is 102 cm³/mol. The lowest BCUT2D eigenvalue weighted by Crippen LogP contribution is -2.17. The zero-order chi connectivity index (χ0) is 17.6. The molecule has 2 aromatic heterocycles. The summed E-state index contributed by atoms with van der Waals surface area (Å²) >= 11 is 1.45. The van der Waals surface area contributed by atoms with Crippen LogP contribution >= 0.6 is 11.3 Å². The van der Waals surface area contributed by atoms with Gasteiger partial charge in [-0.2, -0.15) is 0 Å². The molecule has 0 aliphatic carbocycles. The van der Waals surface area contributed by atoms with Gasteiger partial charge in [0.05, 0.1) is 12.1 Å². The molecule has 0 atom stereocenters. The first-order valence-corrected chi connectivity index (χ1v) is 8.72. The van der Waals surface area contributed by atoms with Crippen molar-refractivity contribution in [3.05, 3.63) is 58.6 Å². The smallest absolute Gasteiger partial charge is 0.268 e. The maximum Gasteiger partial charge on any atom is 0.268 e. The number of aromatic nitrogens is 2. The average molecular weight is 351 g/mol. The van der Waals surface area contributed by atoms with E-state index in [4.69, 9.17) is 0 Å². The molecule has 2 heterocycles. The SMILES string of the molecule is CN(C)Cc1nc2c(sc3ccc(-c4cccc(O)c4)cc32)c(=O)[nH]1. The Morgan fingerprint density at radius 1 is 1.16 bits per heavy atom. The van der Waals surface area contributed by atoms with Gasteiger partial charge in [-0.25, -0.2) is 4.98 Å². The summed E-state index contributed by atoms with van der Waals surface area (Å²) < 4.78 is 1.67. The Bertz CT molecular complexity index is 1140. The summed E-state index contributed by atoms with van der Waals surface area (Å²) in [6.07, 6.45) is 0. The quantitative estimate of drug-likeness (QED) is 0.592. The highest BCUT2D eigenvalue weighted by Crippen LogP contribution is 2.34. The molecule has 0 radical (unpaired) electrons. The van der Waals surface area contributed by atoms with Crippen LogP contribution in [0, 0.1) is 0 Å². The van der Waals surface area contributed by atoms with Crippen LogP contribution in [-0.2, 0) is 6.54 Å². The number of nitrogens with zero attached hydrogens (tertiary/aromatic N) is 2. The zero-order valence-corrected chi connectivity index (χ0v) is 14.7. The van der Waals surface area contributed by atoms with E-state index in [9.17, 15) is 9.90 Å². The predicted octanol–water partition coefficient (Wildman–Crippen LogP) is 3.57. The number of thiophene rings is 1. The van der Waals surface area contributed by atoms with Gasteiger partial charge in [0, 0.05) is 10.1 Å². The number of H-pyrrole nitrogens is 1. The Morgan fingerprint density at radius 3 is 2.72 bits per heavy atom. The molecule has 126 valence electrons. The molecular formula is C19H17N3O2S. The van der Waals surface area contributed by atoms with Crippen LogP contribution in [0.3, 0.4) is 0 Å². The summed E-state index contributed by atoms with van der Waals surface area (Å²) in [6, 6.07) is 13.2. The van der Waals surface area contributed by atoms with Gasteiger partial charge in [0.2, 0.25) is 0 Å². The van der Waals surface area contributed by atoms with Gasteiger partial charge < -0.3 is 15.0 Å². The molecule has 25 heavy (non-hydrogen) atoms. The summed E-state index contributed by atoms with van der Waals surface area (Å²) in [5.41, 5.74) is 2.56. The van der Waals surface area contributed by atoms with E-state index in [1.807, 2.05) is 49.3 Å². The van der Waals surface area contributed by atoms with Crippen molar-refractivity contribution in [2.75, 3.05) is 14.1 Å². The van der Waals surface area contributed by atoms with Crippen LogP contribution in [0.5, 0.6) is 5.75 Å². The molecule has 0 spiro atoms. The van der Waals surface area contributed by atoms with Crippen molar-refractivity contribution >= 4 is 31.6 Å². The van der Waals surface area contributed by atoms with Crippen molar-refractivity contribution in [1.82, 2.24) is 14.9 Å². The van der Waals surface area contributed by atoms with Crippen molar-refractivity contribution in [2.24, 2.45) is 0 Å². The molecule has 0 unspecified atom stereocenters. The van der Waals surface area contributed by atoms with Crippen LogP contribution in [0.15, 0.2) is 47.3 Å². The highest BCUT2D eigenvalue weighted by molar-refractivity contribution is 7.25. The number of phenolic OH excluding ortho intramolecular Hbond substituents is 1. The van der Waals surface area contributed by atoms with Gasteiger partial charge >= 0.3 is 0 Å². The Kier molecular flexibility index (Phi) is 3.78. The highest BCUT2D eigenvalue weighted by atomic mass is 32.1. The van der Waals surface area contributed by atoms with Gasteiger partial charge in [-0.15, -0.1) is 11.3 Å². The van der Waals surface area contributed by atoms with Gasteiger partial charge in [-0.05, 0) is 49.5 Å². The minimum atomic E-state index is -0.0954. The molecule has 2 N–H and O–H groups in total. The van der Waals surface area contributed by atoms with E-state index >= 15 is 0 Å². The van der Waals surface area contributed by atoms with Crippen molar-refractivity contribution < 1.29 is 5.11 Å². The van der Waals surface area contributed by atoms with E-state index in [1.54, 1.807) is 12.1 Å². The number of fused-ring (bicyclic) bond motifs is 3. The van der Waals surface area contributed by atoms with Crippen LogP contribution in [0.4, 0.5) is 0 Å². The first kappa shape index (κ1) is 15.8. The van der Waals surface area contributed by atoms with Gasteiger partial charge in [0.1, 0.15) is 16.3 Å². The van der Waals surface area contributed by atoms with Gasteiger partial charge in [-0.1, -0.05) is 18.2 Å². The van der Waals surface area contributed by atoms with E-state index in [-0.39, 0.29) is 11.3 Å². The topological polar surface area (TPSA) is 69.2 Å². The van der Waals surface area contributed by atoms with Crippen molar-refractivity contribution in [2.45, 2.75) is 6.54 Å². The number of benzene rings is 2. The average Bonchev–Trinajstić information content (AvgIpc) is 2.93. The monoisotopic (exact) mass is 351 g/mol. The highest BCUT2D eigenvalue weighted by Gasteiger charge is 2.13. The van der Waals surface area contributed by atoms with Crippen LogP contribution in [0.1, 0.15) is 5.82 Å². The Morgan fingerprint density at radius 2 is 1.96 bits per heavy atom. The van der Waals surface area contributed by atoms with Gasteiger partial charge in [0.15, 0.2) is 0 Å². The van der Waals surface area contributed by atoms with Gasteiger partial charge in [-0.3, -0.25) is 4.79 Å². The normalized spacial score (nSPS) is 11.6. The maximum atomic E-state index is 12.4. The number of nitrogens with one attached hydrogen (secondary N) is 1. The standard InChI is InChI=1S/C19H17N3O2S/c1-22(2)10-16-20-17-14-9-12(11-4-3-5-13(23)8-11)6-7-15(14)25-18(17)19(24)21-16/h3-9,23H,10H2,1-2H3,(H,20,21,24). The molecule has 0 bridgehead atoms. The molecule has 6 heteroatoms. The molecule has 4 rings (SSSR count). The number of phenols is 1. The molecular weight excluding hydrogens is 334 g/mol. The molecule has 4 aromatic rings. The number of aromatic amines is 1. The van der Waals surface area contributed by atoms with Crippen LogP contribution in [-0.4, -0.2) is 34.1 Å². The summed E-state index contributed by atoms with van der Waals surface area (Å²) in [4.78, 5) is 21.9. The lowest BCUT2D eigenvalue weighted by molar-refractivity contribution is 0.390. The third-order valence-corrected chi connectivity index (χ3v) is 5.18. The van der Waals surface area contributed by atoms with Crippen molar-refractivity contribution in [1.29, 1.82) is 0 Å². The summed E-state index contributed by atoms with van der Waals surface area (Å²) in [5, 5.41) is 10.7. The van der Waals surface area contributed by atoms with Crippen LogP contribution in [0.2, 0.25) is 0 Å². The van der Waals surface area contributed by atoms with E-state index in [0.29, 0.717) is 17.1 Å². The fourth-order valence-corrected chi connectivity index (χ4v) is 3.96. The lowest BCUT2D eigenvalue weighted by Gasteiger charge is -2.08. The van der Waals surface area contributed by atoms with Crippen LogP contribution < -0.4 is 5.56 Å².